The van der Waals surface area contributed by atoms with Gasteiger partial charge in [0.2, 0.25) is 0 Å². The van der Waals surface area contributed by atoms with Crippen LogP contribution in [0.3, 0.4) is 0 Å². The highest BCUT2D eigenvalue weighted by Gasteiger charge is 1.99. The SMILES string of the molecule is CCOc1ccc(C=CC(=O)OC(C)C)cc1. The molecule has 0 amide bonds. The van der Waals surface area contributed by atoms with Crippen molar-refractivity contribution in [3.05, 3.63) is 35.9 Å². The molecule has 0 atom stereocenters. The Morgan fingerprint density at radius 2 is 1.94 bits per heavy atom. The molecule has 0 heterocycles. The van der Waals surface area contributed by atoms with Crippen molar-refractivity contribution < 1.29 is 14.3 Å². The normalized spacial score (nSPS) is 10.8. The molecule has 0 bridgehead atoms. The Morgan fingerprint density at radius 3 is 2.47 bits per heavy atom. The molecule has 0 spiro atoms. The van der Waals surface area contributed by atoms with Crippen LogP contribution in [0, 0.1) is 0 Å². The second kappa shape index (κ2) is 6.74. The smallest absolute Gasteiger partial charge is 0.331 e. The number of rotatable bonds is 5. The van der Waals surface area contributed by atoms with Gasteiger partial charge in [0.1, 0.15) is 5.75 Å². The summed E-state index contributed by atoms with van der Waals surface area (Å²) in [5, 5.41) is 0. The van der Waals surface area contributed by atoms with Gasteiger partial charge < -0.3 is 9.47 Å². The third-order valence-corrected chi connectivity index (χ3v) is 1.95. The van der Waals surface area contributed by atoms with E-state index in [-0.39, 0.29) is 12.1 Å². The second-order valence-electron chi connectivity index (χ2n) is 3.82. The third-order valence-electron chi connectivity index (χ3n) is 1.95. The Labute approximate surface area is 102 Å². The molecule has 0 aliphatic rings. The molecule has 0 unspecified atom stereocenters. The molecule has 0 aliphatic heterocycles. The van der Waals surface area contributed by atoms with Crippen LogP contribution in [0.25, 0.3) is 6.08 Å². The van der Waals surface area contributed by atoms with E-state index in [9.17, 15) is 4.79 Å². The van der Waals surface area contributed by atoms with Crippen molar-refractivity contribution in [2.45, 2.75) is 26.9 Å². The van der Waals surface area contributed by atoms with Gasteiger partial charge in [0, 0.05) is 6.08 Å². The highest BCUT2D eigenvalue weighted by Crippen LogP contribution is 2.13. The second-order valence-corrected chi connectivity index (χ2v) is 3.82. The van der Waals surface area contributed by atoms with Crippen LogP contribution < -0.4 is 4.74 Å². The first kappa shape index (κ1) is 13.3. The van der Waals surface area contributed by atoms with Crippen molar-refractivity contribution in [2.75, 3.05) is 6.61 Å². The highest BCUT2D eigenvalue weighted by atomic mass is 16.5. The Bertz CT molecular complexity index is 377. The third kappa shape index (κ3) is 5.20. The zero-order valence-electron chi connectivity index (χ0n) is 10.5. The van der Waals surface area contributed by atoms with Crippen LogP contribution in [0.2, 0.25) is 0 Å². The van der Waals surface area contributed by atoms with E-state index in [2.05, 4.69) is 0 Å². The number of carbonyl (C=O) groups is 1. The molecule has 0 saturated heterocycles. The van der Waals surface area contributed by atoms with Gasteiger partial charge in [0.05, 0.1) is 12.7 Å². The monoisotopic (exact) mass is 234 g/mol. The van der Waals surface area contributed by atoms with Gasteiger partial charge in [-0.2, -0.15) is 0 Å². The fourth-order valence-corrected chi connectivity index (χ4v) is 1.28. The molecule has 17 heavy (non-hydrogen) atoms. The maximum atomic E-state index is 11.3. The summed E-state index contributed by atoms with van der Waals surface area (Å²) in [4.78, 5) is 11.3. The van der Waals surface area contributed by atoms with E-state index in [1.165, 1.54) is 6.08 Å². The Morgan fingerprint density at radius 1 is 1.29 bits per heavy atom. The molecule has 1 rings (SSSR count). The molecule has 0 radical (unpaired) electrons. The van der Waals surface area contributed by atoms with Crippen LogP contribution in [0.4, 0.5) is 0 Å². The lowest BCUT2D eigenvalue weighted by Crippen LogP contribution is -2.08. The van der Waals surface area contributed by atoms with Gasteiger partial charge in [-0.15, -0.1) is 0 Å². The first-order valence-electron chi connectivity index (χ1n) is 5.73. The van der Waals surface area contributed by atoms with E-state index in [0.29, 0.717) is 6.61 Å². The van der Waals surface area contributed by atoms with Gasteiger partial charge in [-0.1, -0.05) is 12.1 Å². The summed E-state index contributed by atoms with van der Waals surface area (Å²) in [5.41, 5.74) is 0.939. The van der Waals surface area contributed by atoms with Crippen LogP contribution in [0.15, 0.2) is 30.3 Å². The van der Waals surface area contributed by atoms with Gasteiger partial charge in [-0.25, -0.2) is 4.79 Å². The maximum Gasteiger partial charge on any atom is 0.331 e. The summed E-state index contributed by atoms with van der Waals surface area (Å²) in [6.07, 6.45) is 3.06. The minimum Gasteiger partial charge on any atom is -0.494 e. The van der Waals surface area contributed by atoms with Crippen molar-refractivity contribution in [1.29, 1.82) is 0 Å². The topological polar surface area (TPSA) is 35.5 Å². The summed E-state index contributed by atoms with van der Waals surface area (Å²) in [7, 11) is 0. The minimum atomic E-state index is -0.325. The van der Waals surface area contributed by atoms with E-state index in [1.54, 1.807) is 6.08 Å². The number of benzene rings is 1. The van der Waals surface area contributed by atoms with Crippen LogP contribution in [0.5, 0.6) is 5.75 Å². The van der Waals surface area contributed by atoms with Crippen LogP contribution in [0.1, 0.15) is 26.3 Å². The number of hydrogen-bond acceptors (Lipinski definition) is 3. The van der Waals surface area contributed by atoms with Crippen molar-refractivity contribution >= 4 is 12.0 Å². The summed E-state index contributed by atoms with van der Waals surface area (Å²) in [6.45, 7) is 6.23. The predicted molar refractivity (Wildman–Crippen MR) is 67.9 cm³/mol. The maximum absolute atomic E-state index is 11.3. The van der Waals surface area contributed by atoms with Crippen LogP contribution in [-0.4, -0.2) is 18.7 Å². The number of ether oxygens (including phenoxy) is 2. The fraction of sp³-hybridized carbons (Fsp3) is 0.357. The van der Waals surface area contributed by atoms with Gasteiger partial charge in [0.25, 0.3) is 0 Å². The van der Waals surface area contributed by atoms with Crippen LogP contribution >= 0.6 is 0 Å². The average molecular weight is 234 g/mol. The van der Waals surface area contributed by atoms with E-state index in [0.717, 1.165) is 11.3 Å². The molecule has 0 N–H and O–H groups in total. The van der Waals surface area contributed by atoms with Crippen LogP contribution in [-0.2, 0) is 9.53 Å². The Balaban J connectivity index is 2.56. The summed E-state index contributed by atoms with van der Waals surface area (Å²) in [6, 6.07) is 7.53. The minimum absolute atomic E-state index is 0.0903. The molecular formula is C14H18O3. The molecule has 92 valence electrons. The summed E-state index contributed by atoms with van der Waals surface area (Å²) < 4.78 is 10.3. The van der Waals surface area contributed by atoms with Gasteiger partial charge in [-0.3, -0.25) is 0 Å². The molecule has 1 aromatic rings. The predicted octanol–water partition coefficient (Wildman–Crippen LogP) is 3.05. The van der Waals surface area contributed by atoms with Gasteiger partial charge in [-0.05, 0) is 44.5 Å². The van der Waals surface area contributed by atoms with E-state index >= 15 is 0 Å². The Hall–Kier alpha value is -1.77. The van der Waals surface area contributed by atoms with Gasteiger partial charge in [0.15, 0.2) is 0 Å². The van der Waals surface area contributed by atoms with Crippen molar-refractivity contribution in [1.82, 2.24) is 0 Å². The first-order valence-corrected chi connectivity index (χ1v) is 5.73. The number of esters is 1. The largest absolute Gasteiger partial charge is 0.494 e. The van der Waals surface area contributed by atoms with Crippen molar-refractivity contribution in [2.24, 2.45) is 0 Å². The van der Waals surface area contributed by atoms with E-state index in [4.69, 9.17) is 9.47 Å². The lowest BCUT2D eigenvalue weighted by atomic mass is 10.2. The fourth-order valence-electron chi connectivity index (χ4n) is 1.28. The van der Waals surface area contributed by atoms with Crippen molar-refractivity contribution in [3.63, 3.8) is 0 Å². The molecule has 3 nitrogen and oxygen atoms in total. The summed E-state index contributed by atoms with van der Waals surface area (Å²) in [5.74, 6) is 0.503. The van der Waals surface area contributed by atoms with E-state index < -0.39 is 0 Å². The average Bonchev–Trinajstić information content (AvgIpc) is 2.28. The zero-order valence-corrected chi connectivity index (χ0v) is 10.5. The lowest BCUT2D eigenvalue weighted by molar-refractivity contribution is -0.141. The van der Waals surface area contributed by atoms with Crippen molar-refractivity contribution in [3.8, 4) is 5.75 Å². The molecular weight excluding hydrogens is 216 g/mol. The molecule has 3 heteroatoms. The summed E-state index contributed by atoms with van der Waals surface area (Å²) >= 11 is 0. The molecule has 0 fully saturated rings. The molecule has 1 aromatic carbocycles. The quantitative estimate of drug-likeness (QED) is 0.580. The van der Waals surface area contributed by atoms with Gasteiger partial charge >= 0.3 is 5.97 Å². The molecule has 0 saturated carbocycles. The standard InChI is InChI=1S/C14H18O3/c1-4-16-13-8-5-12(6-9-13)7-10-14(15)17-11(2)3/h5-11H,4H2,1-3H3. The number of hydrogen-bond donors (Lipinski definition) is 0. The lowest BCUT2D eigenvalue weighted by Gasteiger charge is -2.04. The zero-order chi connectivity index (χ0) is 12.7. The molecule has 0 aromatic heterocycles. The van der Waals surface area contributed by atoms with E-state index in [1.807, 2.05) is 45.0 Å². The molecule has 0 aliphatic carbocycles. The Kier molecular flexibility index (Phi) is 5.27. The first-order chi connectivity index (χ1) is 8.11. The highest BCUT2D eigenvalue weighted by molar-refractivity contribution is 5.87. The number of carbonyl (C=O) groups excluding carboxylic acids is 1.